The Morgan fingerprint density at radius 1 is 1.14 bits per heavy atom. The molecular formula is C23H34O5. The third-order valence-corrected chi connectivity index (χ3v) is 9.22. The Labute approximate surface area is 167 Å². The van der Waals surface area contributed by atoms with E-state index in [0.29, 0.717) is 42.8 Å². The molecule has 0 radical (unpaired) electrons. The second-order valence-electron chi connectivity index (χ2n) is 10.5. The average molecular weight is 391 g/mol. The molecule has 28 heavy (non-hydrogen) atoms. The number of Topliss-reactive ketones (excluding diaryl/α,β-unsaturated/α-hetero) is 2. The number of aliphatic hydroxyl groups is 1. The quantitative estimate of drug-likeness (QED) is 0.748. The van der Waals surface area contributed by atoms with Crippen LogP contribution in [0.15, 0.2) is 0 Å². The van der Waals surface area contributed by atoms with Crippen molar-refractivity contribution in [3.05, 3.63) is 0 Å². The topological polar surface area (TPSA) is 80.7 Å². The van der Waals surface area contributed by atoms with Gasteiger partial charge in [-0.3, -0.25) is 14.4 Å². The number of rotatable bonds is 3. The minimum Gasteiger partial charge on any atom is -0.458 e. The number of esters is 1. The molecule has 5 nitrogen and oxygen atoms in total. The first-order valence-corrected chi connectivity index (χ1v) is 11.0. The molecule has 0 unspecified atom stereocenters. The van der Waals surface area contributed by atoms with Crippen LogP contribution < -0.4 is 0 Å². The molecule has 0 aromatic carbocycles. The van der Waals surface area contributed by atoms with E-state index < -0.39 is 12.1 Å². The molecule has 0 bridgehead atoms. The first-order valence-electron chi connectivity index (χ1n) is 11.0. The summed E-state index contributed by atoms with van der Waals surface area (Å²) in [5, 5.41) is 11.3. The number of aliphatic hydroxyl groups excluding tert-OH is 1. The van der Waals surface area contributed by atoms with Crippen LogP contribution in [0.2, 0.25) is 0 Å². The Hall–Kier alpha value is -1.23. The molecule has 0 saturated heterocycles. The molecule has 156 valence electrons. The molecule has 4 aliphatic carbocycles. The fourth-order valence-electron chi connectivity index (χ4n) is 7.97. The second kappa shape index (κ2) is 6.93. The van der Waals surface area contributed by atoms with Gasteiger partial charge in [0.15, 0.2) is 5.78 Å². The molecule has 1 N–H and O–H groups in total. The lowest BCUT2D eigenvalue weighted by Crippen LogP contribution is -2.59. The minimum atomic E-state index is -0.422. The largest absolute Gasteiger partial charge is 0.458 e. The van der Waals surface area contributed by atoms with Crippen LogP contribution in [0.3, 0.4) is 0 Å². The van der Waals surface area contributed by atoms with Crippen molar-refractivity contribution >= 4 is 17.5 Å². The summed E-state index contributed by atoms with van der Waals surface area (Å²) in [6, 6.07) is 0. The van der Waals surface area contributed by atoms with Gasteiger partial charge in [-0.15, -0.1) is 0 Å². The molecule has 0 amide bonds. The van der Waals surface area contributed by atoms with Gasteiger partial charge in [0.2, 0.25) is 0 Å². The van der Waals surface area contributed by atoms with Crippen molar-refractivity contribution in [3.8, 4) is 0 Å². The number of hydrogen-bond acceptors (Lipinski definition) is 5. The molecular weight excluding hydrogens is 356 g/mol. The highest BCUT2D eigenvalue weighted by Gasteiger charge is 2.63. The molecule has 0 aromatic rings. The van der Waals surface area contributed by atoms with E-state index in [1.54, 1.807) is 0 Å². The Balaban J connectivity index is 1.58. The molecule has 4 fully saturated rings. The van der Waals surface area contributed by atoms with Gasteiger partial charge >= 0.3 is 5.97 Å². The standard InChI is InChI=1S/C23H34O5/c1-13(24)28-12-20(27)18-7-6-17-16-5-4-14-10-15(25)8-9-22(14,2)21(16)19(26)11-23(17,18)3/h14,16-19,21,26H,4-12H2,1-3H3/t14-,16-,17+,18+,19-,21+,22-,23-/m0/s1. The van der Waals surface area contributed by atoms with E-state index in [1.807, 2.05) is 0 Å². The smallest absolute Gasteiger partial charge is 0.303 e. The fraction of sp³-hybridized carbons (Fsp3) is 0.870. The highest BCUT2D eigenvalue weighted by Crippen LogP contribution is 2.67. The molecule has 0 aliphatic heterocycles. The van der Waals surface area contributed by atoms with Crippen LogP contribution in [-0.2, 0) is 19.1 Å². The highest BCUT2D eigenvalue weighted by molar-refractivity contribution is 5.85. The predicted molar refractivity (Wildman–Crippen MR) is 103 cm³/mol. The maximum atomic E-state index is 12.8. The number of fused-ring (bicyclic) bond motifs is 5. The first kappa shape index (κ1) is 20.1. The molecule has 0 spiro atoms. The Kier molecular flexibility index (Phi) is 4.96. The van der Waals surface area contributed by atoms with Crippen molar-refractivity contribution in [2.75, 3.05) is 6.61 Å². The van der Waals surface area contributed by atoms with Crippen molar-refractivity contribution in [1.82, 2.24) is 0 Å². The van der Waals surface area contributed by atoms with Crippen LogP contribution in [0.1, 0.15) is 72.1 Å². The van der Waals surface area contributed by atoms with Crippen molar-refractivity contribution in [2.24, 2.45) is 40.4 Å². The van der Waals surface area contributed by atoms with Crippen molar-refractivity contribution < 1.29 is 24.2 Å². The molecule has 4 aliphatic rings. The molecule has 8 atom stereocenters. The molecule has 4 saturated carbocycles. The lowest BCUT2D eigenvalue weighted by Gasteiger charge is -2.61. The monoisotopic (exact) mass is 390 g/mol. The summed E-state index contributed by atoms with van der Waals surface area (Å²) in [5.41, 5.74) is -0.178. The van der Waals surface area contributed by atoms with Gasteiger partial charge < -0.3 is 9.84 Å². The Morgan fingerprint density at radius 3 is 2.61 bits per heavy atom. The van der Waals surface area contributed by atoms with E-state index in [-0.39, 0.29) is 35.1 Å². The zero-order valence-electron chi connectivity index (χ0n) is 17.4. The van der Waals surface area contributed by atoms with E-state index in [9.17, 15) is 19.5 Å². The molecule has 0 heterocycles. The first-order chi connectivity index (χ1) is 13.2. The van der Waals surface area contributed by atoms with Gasteiger partial charge in [-0.05, 0) is 73.0 Å². The predicted octanol–water partition coefficient (Wildman–Crippen LogP) is 3.32. The Bertz CT molecular complexity index is 686. The van der Waals surface area contributed by atoms with Crippen LogP contribution in [0.25, 0.3) is 0 Å². The normalized spacial score (nSPS) is 47.6. The molecule has 4 rings (SSSR count). The number of ether oxygens (including phenoxy) is 1. The van der Waals surface area contributed by atoms with Gasteiger partial charge in [0.25, 0.3) is 0 Å². The fourth-order valence-corrected chi connectivity index (χ4v) is 7.97. The number of carbonyl (C=O) groups is 3. The van der Waals surface area contributed by atoms with Gasteiger partial charge in [0, 0.05) is 25.7 Å². The van der Waals surface area contributed by atoms with Crippen LogP contribution in [0.5, 0.6) is 0 Å². The molecule has 0 aromatic heterocycles. The van der Waals surface area contributed by atoms with Crippen LogP contribution >= 0.6 is 0 Å². The maximum Gasteiger partial charge on any atom is 0.303 e. The summed E-state index contributed by atoms with van der Waals surface area (Å²) in [7, 11) is 0. The third-order valence-electron chi connectivity index (χ3n) is 9.22. The van der Waals surface area contributed by atoms with Crippen molar-refractivity contribution in [2.45, 2.75) is 78.2 Å². The van der Waals surface area contributed by atoms with E-state index in [1.165, 1.54) is 6.92 Å². The highest BCUT2D eigenvalue weighted by atomic mass is 16.5. The lowest BCUT2D eigenvalue weighted by molar-refractivity contribution is -0.175. The summed E-state index contributed by atoms with van der Waals surface area (Å²) < 4.78 is 4.99. The van der Waals surface area contributed by atoms with E-state index >= 15 is 0 Å². The lowest BCUT2D eigenvalue weighted by atomic mass is 9.44. The van der Waals surface area contributed by atoms with Crippen molar-refractivity contribution in [3.63, 3.8) is 0 Å². The second-order valence-corrected chi connectivity index (χ2v) is 10.5. The Morgan fingerprint density at radius 2 is 1.89 bits per heavy atom. The third kappa shape index (κ3) is 2.96. The van der Waals surface area contributed by atoms with Crippen molar-refractivity contribution in [1.29, 1.82) is 0 Å². The van der Waals surface area contributed by atoms with E-state index in [0.717, 1.165) is 32.1 Å². The summed E-state index contributed by atoms with van der Waals surface area (Å²) >= 11 is 0. The van der Waals surface area contributed by atoms with Gasteiger partial charge in [-0.25, -0.2) is 0 Å². The van der Waals surface area contributed by atoms with Gasteiger partial charge in [-0.2, -0.15) is 0 Å². The summed E-state index contributed by atoms with van der Waals surface area (Å²) in [6.07, 6.45) is 6.41. The average Bonchev–Trinajstić information content (AvgIpc) is 2.96. The number of carbonyl (C=O) groups excluding carboxylic acids is 3. The van der Waals surface area contributed by atoms with E-state index in [4.69, 9.17) is 4.74 Å². The summed E-state index contributed by atoms with van der Waals surface area (Å²) in [6.45, 7) is 5.67. The minimum absolute atomic E-state index is 0.00834. The van der Waals surface area contributed by atoms with E-state index in [2.05, 4.69) is 13.8 Å². The summed E-state index contributed by atoms with van der Waals surface area (Å²) in [4.78, 5) is 36.0. The number of hydrogen-bond donors (Lipinski definition) is 1. The summed E-state index contributed by atoms with van der Waals surface area (Å²) in [5.74, 6) is 1.33. The van der Waals surface area contributed by atoms with Crippen LogP contribution in [-0.4, -0.2) is 35.4 Å². The SMILES string of the molecule is CC(=O)OCC(=O)[C@H]1CC[C@@H]2[C@@H]3CC[C@H]4CC(=O)CC[C@]4(C)[C@H]3[C@@H](O)C[C@]12C. The van der Waals surface area contributed by atoms with Gasteiger partial charge in [-0.1, -0.05) is 13.8 Å². The zero-order valence-corrected chi connectivity index (χ0v) is 17.4. The van der Waals surface area contributed by atoms with Gasteiger partial charge in [0.1, 0.15) is 12.4 Å². The number of ketones is 2. The van der Waals surface area contributed by atoms with Gasteiger partial charge in [0.05, 0.1) is 6.10 Å². The van der Waals surface area contributed by atoms with Crippen LogP contribution in [0.4, 0.5) is 0 Å². The maximum absolute atomic E-state index is 12.8. The van der Waals surface area contributed by atoms with Crippen LogP contribution in [0, 0.1) is 40.4 Å². The zero-order chi connectivity index (χ0) is 20.3. The molecule has 5 heteroatoms.